The number of aliphatic hydroxyl groups is 3. The van der Waals surface area contributed by atoms with E-state index >= 15 is 0 Å². The van der Waals surface area contributed by atoms with Gasteiger partial charge in [-0.05, 0) is 19.4 Å². The quantitative estimate of drug-likeness (QED) is 0.284. The van der Waals surface area contributed by atoms with Crippen molar-refractivity contribution in [3.8, 4) is 17.7 Å². The van der Waals surface area contributed by atoms with E-state index < -0.39 is 42.8 Å². The normalized spacial score (nSPS) is 22.1. The SMILES string of the molecule is CCOc1ccc(C#Cc2c(Cl)nc(NCC(F)(F)F)nc2N[C@@H]2C[C@H](CO)[C@@H](O)[C@H]2O)cn1. The zero-order chi connectivity index (χ0) is 24.9. The molecule has 13 heteroatoms. The lowest BCUT2D eigenvalue weighted by atomic mass is 10.1. The molecule has 0 saturated heterocycles. The van der Waals surface area contributed by atoms with Gasteiger partial charge in [0, 0.05) is 30.4 Å². The average molecular weight is 502 g/mol. The smallest absolute Gasteiger partial charge is 0.405 e. The lowest BCUT2D eigenvalue weighted by molar-refractivity contribution is -0.115. The summed E-state index contributed by atoms with van der Waals surface area (Å²) in [6.45, 7) is 0.537. The molecule has 1 fully saturated rings. The van der Waals surface area contributed by atoms with Crippen molar-refractivity contribution < 1.29 is 33.2 Å². The lowest BCUT2D eigenvalue weighted by Gasteiger charge is -2.20. The second kappa shape index (κ2) is 11.1. The highest BCUT2D eigenvalue weighted by molar-refractivity contribution is 6.31. The van der Waals surface area contributed by atoms with E-state index in [9.17, 15) is 28.5 Å². The van der Waals surface area contributed by atoms with Gasteiger partial charge in [-0.15, -0.1) is 0 Å². The van der Waals surface area contributed by atoms with Crippen LogP contribution in [0.2, 0.25) is 5.15 Å². The first-order valence-corrected chi connectivity index (χ1v) is 10.7. The van der Waals surface area contributed by atoms with E-state index in [4.69, 9.17) is 16.3 Å². The number of pyridine rings is 1. The Morgan fingerprint density at radius 3 is 2.56 bits per heavy atom. The van der Waals surface area contributed by atoms with Gasteiger partial charge in [0.25, 0.3) is 0 Å². The van der Waals surface area contributed by atoms with Crippen LogP contribution in [0.3, 0.4) is 0 Å². The second-order valence-electron chi connectivity index (χ2n) is 7.51. The maximum Gasteiger partial charge on any atom is 0.405 e. The summed E-state index contributed by atoms with van der Waals surface area (Å²) in [6.07, 6.45) is -5.30. The van der Waals surface area contributed by atoms with Crippen LogP contribution in [0.25, 0.3) is 0 Å². The molecule has 3 rings (SSSR count). The molecule has 2 aromatic rings. The number of halogens is 4. The lowest BCUT2D eigenvalue weighted by Crippen LogP contribution is -2.36. The monoisotopic (exact) mass is 501 g/mol. The molecule has 4 atom stereocenters. The largest absolute Gasteiger partial charge is 0.478 e. The Morgan fingerprint density at radius 2 is 1.97 bits per heavy atom. The topological polar surface area (TPSA) is 133 Å². The maximum absolute atomic E-state index is 12.6. The van der Waals surface area contributed by atoms with Crippen molar-refractivity contribution in [2.75, 3.05) is 30.4 Å². The summed E-state index contributed by atoms with van der Waals surface area (Å²) in [7, 11) is 0. The van der Waals surface area contributed by atoms with Gasteiger partial charge in [-0.1, -0.05) is 23.4 Å². The molecule has 5 N–H and O–H groups in total. The molecule has 1 aliphatic carbocycles. The third-order valence-corrected chi connectivity index (χ3v) is 5.30. The van der Waals surface area contributed by atoms with E-state index in [2.05, 4.69) is 37.4 Å². The highest BCUT2D eigenvalue weighted by Gasteiger charge is 2.41. The number of hydrogen-bond acceptors (Lipinski definition) is 9. The molecule has 9 nitrogen and oxygen atoms in total. The first-order chi connectivity index (χ1) is 16.1. The number of anilines is 2. The van der Waals surface area contributed by atoms with Crippen LogP contribution < -0.4 is 15.4 Å². The van der Waals surface area contributed by atoms with Crippen molar-refractivity contribution in [3.63, 3.8) is 0 Å². The average Bonchev–Trinajstić information content (AvgIpc) is 3.05. The standard InChI is InChI=1S/C21H23ClF3N5O4/c1-2-34-15-6-4-11(8-26-15)3-5-13-18(22)29-20(27-10-21(23,24)25)30-19(13)28-14-7-12(9-31)16(32)17(14)33/h4,6,8,12,14,16-17,31-33H,2,7,9-10H2,1H3,(H2,27,28,29,30)/t12-,14-,16-,17+/m1/s1. The maximum atomic E-state index is 12.6. The van der Waals surface area contributed by atoms with Crippen molar-refractivity contribution in [2.45, 2.75) is 37.8 Å². The molecule has 1 saturated carbocycles. The van der Waals surface area contributed by atoms with Gasteiger partial charge in [-0.2, -0.15) is 23.1 Å². The van der Waals surface area contributed by atoms with Crippen LogP contribution >= 0.6 is 11.6 Å². The van der Waals surface area contributed by atoms with Crippen LogP contribution in [0.15, 0.2) is 18.3 Å². The number of nitrogens with one attached hydrogen (secondary N) is 2. The molecule has 34 heavy (non-hydrogen) atoms. The number of alkyl halides is 3. The molecular weight excluding hydrogens is 479 g/mol. The van der Waals surface area contributed by atoms with E-state index in [1.54, 1.807) is 12.1 Å². The zero-order valence-corrected chi connectivity index (χ0v) is 18.7. The van der Waals surface area contributed by atoms with Gasteiger partial charge in [0.2, 0.25) is 11.8 Å². The summed E-state index contributed by atoms with van der Waals surface area (Å²) in [6, 6.07) is 2.52. The van der Waals surface area contributed by atoms with Gasteiger partial charge in [-0.25, -0.2) is 4.98 Å². The van der Waals surface area contributed by atoms with Crippen LogP contribution in [0.4, 0.5) is 24.9 Å². The molecule has 1 aliphatic rings. The van der Waals surface area contributed by atoms with Gasteiger partial charge in [-0.3, -0.25) is 0 Å². The second-order valence-corrected chi connectivity index (χ2v) is 7.87. The first-order valence-electron chi connectivity index (χ1n) is 10.3. The Kier molecular flexibility index (Phi) is 8.37. The van der Waals surface area contributed by atoms with E-state index in [1.807, 2.05) is 6.92 Å². The summed E-state index contributed by atoms with van der Waals surface area (Å²) in [5, 5.41) is 34.5. The number of ether oxygens (including phenoxy) is 1. The van der Waals surface area contributed by atoms with E-state index in [0.29, 0.717) is 18.1 Å². The summed E-state index contributed by atoms with van der Waals surface area (Å²) in [5.41, 5.74) is 0.573. The van der Waals surface area contributed by atoms with E-state index in [1.165, 1.54) is 6.20 Å². The summed E-state index contributed by atoms with van der Waals surface area (Å²) in [5.74, 6) is 5.01. The fourth-order valence-electron chi connectivity index (χ4n) is 3.35. The molecule has 0 bridgehead atoms. The Morgan fingerprint density at radius 1 is 1.21 bits per heavy atom. The number of aromatic nitrogens is 3. The van der Waals surface area contributed by atoms with Gasteiger partial charge < -0.3 is 30.7 Å². The number of rotatable bonds is 7. The van der Waals surface area contributed by atoms with Gasteiger partial charge in [0.1, 0.15) is 24.0 Å². The van der Waals surface area contributed by atoms with Crippen LogP contribution in [0.5, 0.6) is 5.88 Å². The molecule has 0 spiro atoms. The van der Waals surface area contributed by atoms with Crippen molar-refractivity contribution in [1.82, 2.24) is 15.0 Å². The van der Waals surface area contributed by atoms with Gasteiger partial charge >= 0.3 is 6.18 Å². The van der Waals surface area contributed by atoms with Crippen LogP contribution in [0, 0.1) is 17.8 Å². The van der Waals surface area contributed by atoms with Gasteiger partial charge in [0.05, 0.1) is 18.8 Å². The van der Waals surface area contributed by atoms with Gasteiger partial charge in [0.15, 0.2) is 5.15 Å². The molecule has 2 aromatic heterocycles. The predicted molar refractivity (Wildman–Crippen MR) is 118 cm³/mol. The minimum absolute atomic E-state index is 0.0362. The molecule has 2 heterocycles. The number of hydrogen-bond donors (Lipinski definition) is 5. The van der Waals surface area contributed by atoms with Crippen molar-refractivity contribution in [3.05, 3.63) is 34.6 Å². The van der Waals surface area contributed by atoms with Crippen LogP contribution in [0.1, 0.15) is 24.5 Å². The molecule has 0 unspecified atom stereocenters. The molecule has 0 radical (unpaired) electrons. The highest BCUT2D eigenvalue weighted by atomic mass is 35.5. The van der Waals surface area contributed by atoms with Crippen molar-refractivity contribution >= 4 is 23.4 Å². The minimum atomic E-state index is -4.51. The van der Waals surface area contributed by atoms with Crippen molar-refractivity contribution in [1.29, 1.82) is 0 Å². The molecule has 184 valence electrons. The summed E-state index contributed by atoms with van der Waals surface area (Å²) >= 11 is 6.22. The summed E-state index contributed by atoms with van der Waals surface area (Å²) < 4.78 is 43.1. The highest BCUT2D eigenvalue weighted by Crippen LogP contribution is 2.31. The Hall–Kier alpha value is -2.85. The Labute approximate surface area is 198 Å². The summed E-state index contributed by atoms with van der Waals surface area (Å²) in [4.78, 5) is 12.0. The minimum Gasteiger partial charge on any atom is -0.478 e. The predicted octanol–water partition coefficient (Wildman–Crippen LogP) is 1.81. The Bertz CT molecular complexity index is 1050. The fraction of sp³-hybridized carbons (Fsp3) is 0.476. The molecule has 0 amide bonds. The number of aliphatic hydroxyl groups excluding tert-OH is 3. The van der Waals surface area contributed by atoms with E-state index in [-0.39, 0.29) is 29.6 Å². The van der Waals surface area contributed by atoms with Crippen LogP contribution in [-0.2, 0) is 0 Å². The molecular formula is C21H23ClF3N5O4. The third kappa shape index (κ3) is 6.60. The van der Waals surface area contributed by atoms with Crippen molar-refractivity contribution in [2.24, 2.45) is 5.92 Å². The molecule has 0 aliphatic heterocycles. The van der Waals surface area contributed by atoms with E-state index in [0.717, 1.165) is 0 Å². The zero-order valence-electron chi connectivity index (χ0n) is 18.0. The third-order valence-electron chi connectivity index (χ3n) is 5.03. The first kappa shape index (κ1) is 25.8. The fourth-order valence-corrected chi connectivity index (χ4v) is 3.57. The molecule has 0 aromatic carbocycles. The Balaban J connectivity index is 1.92. The van der Waals surface area contributed by atoms with Crippen LogP contribution in [-0.4, -0.2) is 74.5 Å². The number of nitrogens with zero attached hydrogens (tertiary/aromatic N) is 3.